The van der Waals surface area contributed by atoms with Crippen LogP contribution in [0.2, 0.25) is 0 Å². The van der Waals surface area contributed by atoms with Crippen molar-refractivity contribution in [2.24, 2.45) is 0 Å². The van der Waals surface area contributed by atoms with Crippen LogP contribution >= 0.6 is 11.3 Å². The Balaban J connectivity index is 1.64. The molecule has 0 saturated carbocycles. The molecule has 0 radical (unpaired) electrons. The average Bonchev–Trinajstić information content (AvgIpc) is 3.00. The van der Waals surface area contributed by atoms with E-state index in [0.29, 0.717) is 6.04 Å². The molecule has 1 saturated heterocycles. The molecular formula is C11H15N5S. The molecular weight excluding hydrogens is 234 g/mol. The number of aromatic nitrogens is 4. The minimum Gasteiger partial charge on any atom is -0.347 e. The highest BCUT2D eigenvalue weighted by molar-refractivity contribution is 7.15. The Morgan fingerprint density at radius 3 is 2.71 bits per heavy atom. The Morgan fingerprint density at radius 2 is 2.12 bits per heavy atom. The second-order valence-corrected chi connectivity index (χ2v) is 5.47. The average molecular weight is 249 g/mol. The summed E-state index contributed by atoms with van der Waals surface area (Å²) in [5.74, 6) is 0. The molecule has 2 aromatic heterocycles. The highest BCUT2D eigenvalue weighted by Gasteiger charge is 2.22. The lowest BCUT2D eigenvalue weighted by Crippen LogP contribution is -2.34. The Kier molecular flexibility index (Phi) is 2.80. The number of hydrogen-bond donors (Lipinski definition) is 0. The van der Waals surface area contributed by atoms with Gasteiger partial charge in [-0.15, -0.1) is 10.2 Å². The molecule has 0 N–H and O–H groups in total. The zero-order valence-electron chi connectivity index (χ0n) is 9.78. The van der Waals surface area contributed by atoms with Crippen LogP contribution in [-0.4, -0.2) is 33.1 Å². The van der Waals surface area contributed by atoms with Gasteiger partial charge in [0.25, 0.3) is 0 Å². The van der Waals surface area contributed by atoms with Gasteiger partial charge in [0.2, 0.25) is 5.13 Å². The van der Waals surface area contributed by atoms with Gasteiger partial charge in [-0.1, -0.05) is 11.3 Å². The summed E-state index contributed by atoms with van der Waals surface area (Å²) in [4.78, 5) is 2.32. The van der Waals surface area contributed by atoms with E-state index in [0.717, 1.165) is 36.1 Å². The van der Waals surface area contributed by atoms with Crippen LogP contribution in [0.1, 0.15) is 23.9 Å². The van der Waals surface area contributed by atoms with Gasteiger partial charge in [-0.25, -0.2) is 0 Å². The zero-order valence-corrected chi connectivity index (χ0v) is 10.6. The molecule has 1 fully saturated rings. The maximum absolute atomic E-state index is 4.31. The minimum absolute atomic E-state index is 0.537. The fourth-order valence-electron chi connectivity index (χ4n) is 2.23. The number of anilines is 1. The summed E-state index contributed by atoms with van der Waals surface area (Å²) in [5.41, 5.74) is 0. The van der Waals surface area contributed by atoms with E-state index >= 15 is 0 Å². The third-order valence-electron chi connectivity index (χ3n) is 3.15. The number of aryl methyl sites for hydroxylation is 1. The Bertz CT molecular complexity index is 470. The smallest absolute Gasteiger partial charge is 0.208 e. The van der Waals surface area contributed by atoms with Gasteiger partial charge >= 0.3 is 0 Å². The lowest BCUT2D eigenvalue weighted by atomic mass is 10.1. The van der Waals surface area contributed by atoms with Crippen molar-refractivity contribution >= 4 is 16.5 Å². The molecule has 6 heteroatoms. The summed E-state index contributed by atoms with van der Waals surface area (Å²) in [5, 5.41) is 14.7. The van der Waals surface area contributed by atoms with E-state index in [1.165, 1.54) is 0 Å². The molecule has 90 valence electrons. The van der Waals surface area contributed by atoms with Crippen molar-refractivity contribution in [2.45, 2.75) is 25.8 Å². The van der Waals surface area contributed by atoms with Crippen LogP contribution in [0.4, 0.5) is 5.13 Å². The summed E-state index contributed by atoms with van der Waals surface area (Å²) in [6.45, 7) is 4.08. The zero-order chi connectivity index (χ0) is 11.7. The molecule has 0 aliphatic carbocycles. The lowest BCUT2D eigenvalue weighted by Gasteiger charge is -2.31. The highest BCUT2D eigenvalue weighted by Crippen LogP contribution is 2.27. The number of nitrogens with zero attached hydrogens (tertiary/aromatic N) is 5. The van der Waals surface area contributed by atoms with Crippen molar-refractivity contribution in [1.29, 1.82) is 0 Å². The molecule has 5 nitrogen and oxygen atoms in total. The van der Waals surface area contributed by atoms with Crippen LogP contribution in [0, 0.1) is 6.92 Å². The summed E-state index contributed by atoms with van der Waals surface area (Å²) in [6.07, 6.45) is 6.15. The quantitative estimate of drug-likeness (QED) is 0.815. The van der Waals surface area contributed by atoms with Gasteiger partial charge in [-0.2, -0.15) is 5.10 Å². The Morgan fingerprint density at radius 1 is 1.29 bits per heavy atom. The van der Waals surface area contributed by atoms with Gasteiger partial charge in [0, 0.05) is 25.5 Å². The van der Waals surface area contributed by atoms with Gasteiger partial charge in [-0.3, -0.25) is 4.68 Å². The minimum atomic E-state index is 0.537. The van der Waals surface area contributed by atoms with Crippen molar-refractivity contribution in [1.82, 2.24) is 20.0 Å². The van der Waals surface area contributed by atoms with E-state index < -0.39 is 0 Å². The van der Waals surface area contributed by atoms with Crippen LogP contribution in [0.3, 0.4) is 0 Å². The number of piperidine rings is 1. The van der Waals surface area contributed by atoms with E-state index in [1.54, 1.807) is 11.3 Å². The van der Waals surface area contributed by atoms with Crippen molar-refractivity contribution in [3.8, 4) is 0 Å². The predicted octanol–water partition coefficient (Wildman–Crippen LogP) is 1.88. The molecule has 3 heterocycles. The molecule has 0 atom stereocenters. The molecule has 0 unspecified atom stereocenters. The Labute approximate surface area is 104 Å². The van der Waals surface area contributed by atoms with Crippen molar-refractivity contribution in [3.63, 3.8) is 0 Å². The van der Waals surface area contributed by atoms with Crippen LogP contribution in [0.5, 0.6) is 0 Å². The van der Waals surface area contributed by atoms with E-state index in [9.17, 15) is 0 Å². The van der Waals surface area contributed by atoms with E-state index in [1.807, 2.05) is 19.2 Å². The maximum atomic E-state index is 4.31. The summed E-state index contributed by atoms with van der Waals surface area (Å²) < 4.78 is 2.07. The van der Waals surface area contributed by atoms with Crippen LogP contribution < -0.4 is 4.90 Å². The van der Waals surface area contributed by atoms with Gasteiger partial charge in [0.05, 0.1) is 6.04 Å². The topological polar surface area (TPSA) is 46.8 Å². The molecule has 0 amide bonds. The standard InChI is InChI=1S/C11H15N5S/c1-9-13-14-11(17-9)15-7-3-10(4-8-15)16-6-2-5-12-16/h2,5-6,10H,3-4,7-8H2,1H3. The first kappa shape index (κ1) is 10.7. The third-order valence-corrected chi connectivity index (χ3v) is 4.05. The van der Waals surface area contributed by atoms with Crippen molar-refractivity contribution < 1.29 is 0 Å². The van der Waals surface area contributed by atoms with Gasteiger partial charge < -0.3 is 4.90 Å². The monoisotopic (exact) mass is 249 g/mol. The van der Waals surface area contributed by atoms with E-state index in [4.69, 9.17) is 0 Å². The molecule has 2 aromatic rings. The van der Waals surface area contributed by atoms with Crippen LogP contribution in [0.15, 0.2) is 18.5 Å². The summed E-state index contributed by atoms with van der Waals surface area (Å²) in [6, 6.07) is 2.52. The summed E-state index contributed by atoms with van der Waals surface area (Å²) in [7, 11) is 0. The summed E-state index contributed by atoms with van der Waals surface area (Å²) >= 11 is 1.67. The Hall–Kier alpha value is -1.43. The first-order valence-electron chi connectivity index (χ1n) is 5.87. The van der Waals surface area contributed by atoms with E-state index in [2.05, 4.69) is 31.1 Å². The second kappa shape index (κ2) is 4.44. The fraction of sp³-hybridized carbons (Fsp3) is 0.545. The van der Waals surface area contributed by atoms with Crippen molar-refractivity contribution in [2.75, 3.05) is 18.0 Å². The largest absolute Gasteiger partial charge is 0.347 e. The fourth-order valence-corrected chi connectivity index (χ4v) is 2.97. The first-order chi connectivity index (χ1) is 8.33. The SMILES string of the molecule is Cc1nnc(N2CCC(n3cccn3)CC2)s1. The second-order valence-electron chi connectivity index (χ2n) is 4.31. The molecule has 1 aliphatic heterocycles. The third kappa shape index (κ3) is 2.17. The van der Waals surface area contributed by atoms with Crippen LogP contribution in [-0.2, 0) is 0 Å². The molecule has 0 bridgehead atoms. The molecule has 17 heavy (non-hydrogen) atoms. The van der Waals surface area contributed by atoms with Gasteiger partial charge in [-0.05, 0) is 25.8 Å². The first-order valence-corrected chi connectivity index (χ1v) is 6.69. The van der Waals surface area contributed by atoms with Crippen LogP contribution in [0.25, 0.3) is 0 Å². The lowest BCUT2D eigenvalue weighted by molar-refractivity contribution is 0.366. The maximum Gasteiger partial charge on any atom is 0.208 e. The number of hydrogen-bond acceptors (Lipinski definition) is 5. The molecule has 3 rings (SSSR count). The van der Waals surface area contributed by atoms with Gasteiger partial charge in [0.1, 0.15) is 5.01 Å². The molecule has 0 spiro atoms. The molecule has 0 aromatic carbocycles. The van der Waals surface area contributed by atoms with E-state index in [-0.39, 0.29) is 0 Å². The molecule has 1 aliphatic rings. The normalized spacial score (nSPS) is 17.6. The predicted molar refractivity (Wildman–Crippen MR) is 67.4 cm³/mol. The van der Waals surface area contributed by atoms with Crippen molar-refractivity contribution in [3.05, 3.63) is 23.5 Å². The highest BCUT2D eigenvalue weighted by atomic mass is 32.1. The number of rotatable bonds is 2. The van der Waals surface area contributed by atoms with Gasteiger partial charge in [0.15, 0.2) is 0 Å².